The highest BCUT2D eigenvalue weighted by molar-refractivity contribution is 6.23. The summed E-state index contributed by atoms with van der Waals surface area (Å²) in [6.07, 6.45) is 9.87. The summed E-state index contributed by atoms with van der Waals surface area (Å²) in [4.78, 5) is 30.6. The lowest BCUT2D eigenvalue weighted by Gasteiger charge is -2.21. The van der Waals surface area contributed by atoms with Gasteiger partial charge in [-0.2, -0.15) is 5.10 Å². The Kier molecular flexibility index (Phi) is 4.83. The van der Waals surface area contributed by atoms with Crippen molar-refractivity contribution in [3.8, 4) is 5.82 Å². The molecule has 1 atom stereocenters. The molecule has 7 nitrogen and oxygen atoms in total. The molecule has 2 aromatic rings. The van der Waals surface area contributed by atoms with E-state index in [9.17, 15) is 9.59 Å². The highest BCUT2D eigenvalue weighted by Gasteiger charge is 2.47. The number of rotatable bonds is 7. The zero-order chi connectivity index (χ0) is 17.9. The maximum atomic E-state index is 12.8. The average molecular weight is 341 g/mol. The molecule has 0 aromatic carbocycles. The van der Waals surface area contributed by atoms with E-state index < -0.39 is 11.6 Å². The molecular formula is C18H23N5O2. The number of unbranched alkanes of at least 4 members (excludes halogenated alkanes) is 3. The van der Waals surface area contributed by atoms with Crippen molar-refractivity contribution in [3.63, 3.8) is 0 Å². The van der Waals surface area contributed by atoms with Crippen LogP contribution in [-0.4, -0.2) is 32.2 Å². The minimum Gasteiger partial charge on any atom is -0.323 e. The molecule has 7 heteroatoms. The van der Waals surface area contributed by atoms with Crippen LogP contribution in [0.15, 0.2) is 36.8 Å². The number of aromatic nitrogens is 3. The van der Waals surface area contributed by atoms with Crippen molar-refractivity contribution in [3.05, 3.63) is 36.8 Å². The van der Waals surface area contributed by atoms with E-state index in [1.54, 1.807) is 42.2 Å². The van der Waals surface area contributed by atoms with Crippen LogP contribution in [0.2, 0.25) is 0 Å². The summed E-state index contributed by atoms with van der Waals surface area (Å²) in [5.74, 6) is 0.408. The molecule has 1 aliphatic heterocycles. The smallest absolute Gasteiger partial charge is 0.323 e. The van der Waals surface area contributed by atoms with E-state index in [1.165, 1.54) is 11.1 Å². The maximum absolute atomic E-state index is 12.8. The summed E-state index contributed by atoms with van der Waals surface area (Å²) < 4.78 is 1.62. The molecule has 1 N–H and O–H groups in total. The molecule has 0 spiro atoms. The van der Waals surface area contributed by atoms with Crippen molar-refractivity contribution in [1.29, 1.82) is 0 Å². The van der Waals surface area contributed by atoms with Gasteiger partial charge in [-0.15, -0.1) is 0 Å². The first-order valence-corrected chi connectivity index (χ1v) is 8.68. The second-order valence-electron chi connectivity index (χ2n) is 6.54. The van der Waals surface area contributed by atoms with Crippen LogP contribution in [0.5, 0.6) is 0 Å². The Hall–Kier alpha value is -2.70. The van der Waals surface area contributed by atoms with Gasteiger partial charge in [-0.25, -0.2) is 19.4 Å². The first kappa shape index (κ1) is 17.1. The molecule has 1 fully saturated rings. The lowest BCUT2D eigenvalue weighted by Crippen LogP contribution is -2.43. The number of anilines is 1. The number of carbonyl (C=O) groups is 2. The van der Waals surface area contributed by atoms with Gasteiger partial charge in [-0.1, -0.05) is 32.6 Å². The van der Waals surface area contributed by atoms with Crippen LogP contribution >= 0.6 is 0 Å². The summed E-state index contributed by atoms with van der Waals surface area (Å²) in [5, 5.41) is 6.95. The molecule has 0 radical (unpaired) electrons. The molecule has 1 aliphatic rings. The quantitative estimate of drug-likeness (QED) is 0.620. The monoisotopic (exact) mass is 341 g/mol. The Morgan fingerprint density at radius 2 is 2.04 bits per heavy atom. The van der Waals surface area contributed by atoms with E-state index in [0.717, 1.165) is 25.7 Å². The largest absolute Gasteiger partial charge is 0.329 e. The van der Waals surface area contributed by atoms with Gasteiger partial charge in [-0.3, -0.25) is 4.79 Å². The minimum absolute atomic E-state index is 0.220. The molecule has 1 saturated heterocycles. The Balaban J connectivity index is 1.74. The fraction of sp³-hybridized carbons (Fsp3) is 0.444. The van der Waals surface area contributed by atoms with Crippen LogP contribution in [0.1, 0.15) is 46.0 Å². The molecule has 3 amide bonds. The number of nitrogens with one attached hydrogen (secondary N) is 1. The van der Waals surface area contributed by atoms with Crippen molar-refractivity contribution in [1.82, 2.24) is 20.1 Å². The first-order chi connectivity index (χ1) is 12.0. The standard InChI is InChI=1S/C18H23N5O2/c1-3-4-5-6-10-18(2)16(24)23(17(25)21-18)14-8-9-15(19-13-14)22-12-7-11-20-22/h7-9,11-13H,3-6,10H2,1-2H3,(H,21,25)/t18-/m0/s1. The molecule has 0 saturated carbocycles. The van der Waals surface area contributed by atoms with Crippen LogP contribution in [0.4, 0.5) is 10.5 Å². The summed E-state index contributed by atoms with van der Waals surface area (Å²) in [6, 6.07) is 4.86. The van der Waals surface area contributed by atoms with Crippen molar-refractivity contribution < 1.29 is 9.59 Å². The van der Waals surface area contributed by atoms with E-state index in [1.807, 2.05) is 0 Å². The predicted octanol–water partition coefficient (Wildman–Crippen LogP) is 3.05. The van der Waals surface area contributed by atoms with Gasteiger partial charge in [0.05, 0.1) is 11.9 Å². The number of carbonyl (C=O) groups excluding carboxylic acids is 2. The van der Waals surface area contributed by atoms with Crippen molar-refractivity contribution in [2.24, 2.45) is 0 Å². The molecule has 3 heterocycles. The van der Waals surface area contributed by atoms with Gasteiger partial charge in [0.1, 0.15) is 5.54 Å². The normalized spacial score (nSPS) is 20.2. The average Bonchev–Trinajstić information content (AvgIpc) is 3.20. The topological polar surface area (TPSA) is 80.1 Å². The Morgan fingerprint density at radius 1 is 1.20 bits per heavy atom. The van der Waals surface area contributed by atoms with Gasteiger partial charge in [0.2, 0.25) is 0 Å². The number of pyridine rings is 1. The van der Waals surface area contributed by atoms with Gasteiger partial charge in [-0.05, 0) is 31.5 Å². The van der Waals surface area contributed by atoms with Crippen LogP contribution in [0.3, 0.4) is 0 Å². The third-order valence-electron chi connectivity index (χ3n) is 4.52. The molecule has 3 rings (SSSR count). The molecule has 132 valence electrons. The van der Waals surface area contributed by atoms with E-state index >= 15 is 0 Å². The lowest BCUT2D eigenvalue weighted by molar-refractivity contribution is -0.121. The summed E-state index contributed by atoms with van der Waals surface area (Å²) in [5.41, 5.74) is -0.374. The first-order valence-electron chi connectivity index (χ1n) is 8.68. The van der Waals surface area contributed by atoms with Crippen molar-refractivity contribution >= 4 is 17.6 Å². The van der Waals surface area contributed by atoms with Gasteiger partial charge >= 0.3 is 6.03 Å². The zero-order valence-electron chi connectivity index (χ0n) is 14.6. The van der Waals surface area contributed by atoms with Crippen molar-refractivity contribution in [2.75, 3.05) is 4.90 Å². The number of urea groups is 1. The van der Waals surface area contributed by atoms with Crippen LogP contribution in [0, 0.1) is 0 Å². The fourth-order valence-corrected chi connectivity index (χ4v) is 3.04. The maximum Gasteiger partial charge on any atom is 0.329 e. The number of nitrogens with zero attached hydrogens (tertiary/aromatic N) is 4. The van der Waals surface area contributed by atoms with Crippen molar-refractivity contribution in [2.45, 2.75) is 51.5 Å². The molecule has 2 aromatic heterocycles. The van der Waals surface area contributed by atoms with E-state index in [0.29, 0.717) is 17.9 Å². The highest BCUT2D eigenvalue weighted by Crippen LogP contribution is 2.28. The summed E-state index contributed by atoms with van der Waals surface area (Å²) in [6.45, 7) is 3.94. The van der Waals surface area contributed by atoms with Gasteiger partial charge in [0, 0.05) is 12.4 Å². The van der Waals surface area contributed by atoms with E-state index in [-0.39, 0.29) is 5.91 Å². The minimum atomic E-state index is -0.842. The summed E-state index contributed by atoms with van der Waals surface area (Å²) >= 11 is 0. The van der Waals surface area contributed by atoms with E-state index in [2.05, 4.69) is 22.3 Å². The predicted molar refractivity (Wildman–Crippen MR) is 94.5 cm³/mol. The molecular weight excluding hydrogens is 318 g/mol. The van der Waals surface area contributed by atoms with Crippen LogP contribution in [0.25, 0.3) is 5.82 Å². The van der Waals surface area contributed by atoms with Crippen LogP contribution < -0.4 is 10.2 Å². The molecule has 0 aliphatic carbocycles. The van der Waals surface area contributed by atoms with E-state index in [4.69, 9.17) is 0 Å². The zero-order valence-corrected chi connectivity index (χ0v) is 14.6. The SMILES string of the molecule is CCCCCC[C@]1(C)NC(=O)N(c2ccc(-n3cccn3)nc2)C1=O. The molecule has 0 unspecified atom stereocenters. The Morgan fingerprint density at radius 3 is 2.68 bits per heavy atom. The number of hydrogen-bond acceptors (Lipinski definition) is 4. The lowest BCUT2D eigenvalue weighted by atomic mass is 9.94. The van der Waals surface area contributed by atoms with Gasteiger partial charge < -0.3 is 5.32 Å². The fourth-order valence-electron chi connectivity index (χ4n) is 3.04. The molecule has 25 heavy (non-hydrogen) atoms. The van der Waals surface area contributed by atoms with Crippen LogP contribution in [-0.2, 0) is 4.79 Å². The second-order valence-corrected chi connectivity index (χ2v) is 6.54. The highest BCUT2D eigenvalue weighted by atomic mass is 16.2. The second kappa shape index (κ2) is 7.04. The summed E-state index contributed by atoms with van der Waals surface area (Å²) in [7, 11) is 0. The third-order valence-corrected chi connectivity index (χ3v) is 4.52. The third kappa shape index (κ3) is 3.40. The number of imide groups is 1. The number of hydrogen-bond donors (Lipinski definition) is 1. The molecule has 0 bridgehead atoms. The number of amides is 3. The Bertz CT molecular complexity index is 741. The van der Waals surface area contributed by atoms with Gasteiger partial charge in [0.25, 0.3) is 5.91 Å². The van der Waals surface area contributed by atoms with Gasteiger partial charge in [0.15, 0.2) is 5.82 Å². The Labute approximate surface area is 147 Å².